The van der Waals surface area contributed by atoms with Crippen LogP contribution in [0.25, 0.3) is 17.3 Å². The minimum absolute atomic E-state index is 0.0480. The van der Waals surface area contributed by atoms with Crippen molar-refractivity contribution in [3.8, 4) is 23.2 Å². The van der Waals surface area contributed by atoms with Crippen LogP contribution in [-0.2, 0) is 21.4 Å². The molecule has 6 rings (SSSR count). The number of fused-ring (bicyclic) bond motifs is 2. The molecule has 3 heterocycles. The summed E-state index contributed by atoms with van der Waals surface area (Å²) in [5.74, 6) is 1.29. The Hall–Kier alpha value is -3.60. The summed E-state index contributed by atoms with van der Waals surface area (Å²) in [5.41, 5.74) is 0.650. The van der Waals surface area contributed by atoms with E-state index in [1.807, 2.05) is 0 Å². The maximum atomic E-state index is 13.1. The second-order valence-electron chi connectivity index (χ2n) is 10.4. The Morgan fingerprint density at radius 3 is 2.76 bits per heavy atom. The van der Waals surface area contributed by atoms with Gasteiger partial charge >= 0.3 is 5.97 Å². The van der Waals surface area contributed by atoms with Crippen LogP contribution in [0, 0.1) is 5.41 Å². The smallest absolute Gasteiger partial charge is 0.358 e. The number of methoxy groups -OCH3 is 1. The van der Waals surface area contributed by atoms with Gasteiger partial charge in [-0.3, -0.25) is 4.79 Å². The van der Waals surface area contributed by atoms with Crippen molar-refractivity contribution >= 4 is 11.8 Å². The molecule has 0 bridgehead atoms. The van der Waals surface area contributed by atoms with Crippen LogP contribution in [0.4, 0.5) is 0 Å². The lowest BCUT2D eigenvalue weighted by Crippen LogP contribution is -2.41. The molecule has 1 N–H and O–H groups in total. The van der Waals surface area contributed by atoms with E-state index in [-0.39, 0.29) is 23.5 Å². The summed E-state index contributed by atoms with van der Waals surface area (Å²) in [4.78, 5) is 34.3. The Labute approximate surface area is 213 Å². The van der Waals surface area contributed by atoms with Crippen LogP contribution < -0.4 is 4.74 Å². The molecule has 11 nitrogen and oxygen atoms in total. The molecule has 11 heteroatoms. The maximum absolute atomic E-state index is 13.1. The third-order valence-corrected chi connectivity index (χ3v) is 7.98. The van der Waals surface area contributed by atoms with E-state index in [0.29, 0.717) is 42.0 Å². The second kappa shape index (κ2) is 9.05. The third kappa shape index (κ3) is 4.11. The first kappa shape index (κ1) is 23.8. The van der Waals surface area contributed by atoms with Gasteiger partial charge < -0.3 is 19.1 Å². The number of carbonyl (C=O) groups excluding carboxylic acids is 2. The minimum Gasteiger partial charge on any atom is -0.477 e. The molecule has 37 heavy (non-hydrogen) atoms. The number of Topliss-reactive ketones (excluding diaryl/α,β-unsaturated/α-hetero) is 1. The summed E-state index contributed by atoms with van der Waals surface area (Å²) < 4.78 is 18.1. The van der Waals surface area contributed by atoms with E-state index in [4.69, 9.17) is 14.0 Å². The molecule has 1 atom stereocenters. The van der Waals surface area contributed by atoms with Gasteiger partial charge in [0.2, 0.25) is 5.88 Å². The number of ether oxygens (including phenoxy) is 2. The van der Waals surface area contributed by atoms with Crippen molar-refractivity contribution < 1.29 is 28.7 Å². The number of hydrogen-bond donors (Lipinski definition) is 1. The quantitative estimate of drug-likeness (QED) is 0.474. The highest BCUT2D eigenvalue weighted by Gasteiger charge is 2.48. The topological polar surface area (TPSA) is 142 Å². The summed E-state index contributed by atoms with van der Waals surface area (Å²) in [7, 11) is 1.29. The number of aliphatic hydroxyl groups is 1. The van der Waals surface area contributed by atoms with Crippen LogP contribution in [0.3, 0.4) is 0 Å². The largest absolute Gasteiger partial charge is 0.477 e. The van der Waals surface area contributed by atoms with Gasteiger partial charge in [0, 0.05) is 29.7 Å². The van der Waals surface area contributed by atoms with Crippen molar-refractivity contribution in [2.75, 3.05) is 20.3 Å². The van der Waals surface area contributed by atoms with Crippen LogP contribution in [-0.4, -0.2) is 62.1 Å². The van der Waals surface area contributed by atoms with Crippen molar-refractivity contribution in [1.29, 1.82) is 0 Å². The Bertz CT molecular complexity index is 1360. The first-order valence-electron chi connectivity index (χ1n) is 12.8. The minimum atomic E-state index is -0.606. The van der Waals surface area contributed by atoms with Crippen LogP contribution in [0.15, 0.2) is 22.9 Å². The molecule has 0 aliphatic heterocycles. The van der Waals surface area contributed by atoms with Gasteiger partial charge in [-0.2, -0.15) is 10.1 Å². The molecule has 3 aromatic heterocycles. The van der Waals surface area contributed by atoms with Crippen LogP contribution in [0.2, 0.25) is 0 Å². The molecule has 0 unspecified atom stereocenters. The van der Waals surface area contributed by atoms with Crippen LogP contribution in [0.5, 0.6) is 5.88 Å². The lowest BCUT2D eigenvalue weighted by molar-refractivity contribution is -0.128. The van der Waals surface area contributed by atoms with Gasteiger partial charge in [-0.25, -0.2) is 14.5 Å². The number of carbonyl (C=O) groups is 2. The monoisotopic (exact) mass is 507 g/mol. The normalized spacial score (nSPS) is 22.1. The van der Waals surface area contributed by atoms with E-state index in [1.54, 1.807) is 12.3 Å². The van der Waals surface area contributed by atoms with Gasteiger partial charge in [-0.05, 0) is 51.0 Å². The maximum Gasteiger partial charge on any atom is 0.358 e. The third-order valence-electron chi connectivity index (χ3n) is 7.98. The van der Waals surface area contributed by atoms with Crippen LogP contribution >= 0.6 is 0 Å². The first-order valence-corrected chi connectivity index (χ1v) is 12.8. The fourth-order valence-electron chi connectivity index (χ4n) is 5.50. The number of esters is 1. The molecule has 3 aromatic rings. The van der Waals surface area contributed by atoms with Gasteiger partial charge in [-0.1, -0.05) is 11.6 Å². The molecule has 2 fully saturated rings. The predicted octanol–water partition coefficient (Wildman–Crippen LogP) is 2.97. The first-order chi connectivity index (χ1) is 18.0. The summed E-state index contributed by atoms with van der Waals surface area (Å²) >= 11 is 0. The van der Waals surface area contributed by atoms with E-state index in [2.05, 4.69) is 20.2 Å². The molecule has 0 radical (unpaired) electrons. The fraction of sp³-hybridized carbons (Fsp3) is 0.538. The Morgan fingerprint density at radius 2 is 2.00 bits per heavy atom. The molecule has 3 aliphatic rings. The molecule has 2 saturated carbocycles. The molecule has 3 aliphatic carbocycles. The summed E-state index contributed by atoms with van der Waals surface area (Å²) in [5, 5.41) is 18.4. The van der Waals surface area contributed by atoms with Gasteiger partial charge in [0.15, 0.2) is 28.8 Å². The van der Waals surface area contributed by atoms with Crippen molar-refractivity contribution in [2.45, 2.75) is 63.2 Å². The van der Waals surface area contributed by atoms with Gasteiger partial charge in [0.1, 0.15) is 5.78 Å². The number of nitrogens with zero attached hydrogens (tertiary/aromatic N) is 5. The van der Waals surface area contributed by atoms with Gasteiger partial charge in [0.05, 0.1) is 25.7 Å². The Kier molecular flexibility index (Phi) is 5.82. The van der Waals surface area contributed by atoms with E-state index < -0.39 is 11.4 Å². The molecular weight excluding hydrogens is 478 g/mol. The highest BCUT2D eigenvalue weighted by atomic mass is 16.5. The van der Waals surface area contributed by atoms with Crippen molar-refractivity contribution in [3.63, 3.8) is 0 Å². The summed E-state index contributed by atoms with van der Waals surface area (Å²) in [6, 6.07) is 3.17. The van der Waals surface area contributed by atoms with E-state index >= 15 is 0 Å². The Balaban J connectivity index is 1.41. The average Bonchev–Trinajstić information content (AvgIpc) is 3.31. The summed E-state index contributed by atoms with van der Waals surface area (Å²) in [6.45, 7) is 0.368. The number of rotatable bonds is 7. The molecule has 0 amide bonds. The number of aromatic nitrogens is 5. The highest BCUT2D eigenvalue weighted by molar-refractivity contribution is 5.91. The second-order valence-corrected chi connectivity index (χ2v) is 10.4. The highest BCUT2D eigenvalue weighted by Crippen LogP contribution is 2.48. The zero-order valence-corrected chi connectivity index (χ0v) is 20.7. The molecule has 194 valence electrons. The lowest BCUT2D eigenvalue weighted by Gasteiger charge is -2.36. The van der Waals surface area contributed by atoms with Crippen molar-refractivity contribution in [2.24, 2.45) is 5.41 Å². The van der Waals surface area contributed by atoms with Crippen molar-refractivity contribution in [1.82, 2.24) is 24.9 Å². The zero-order chi connectivity index (χ0) is 25.6. The van der Waals surface area contributed by atoms with E-state index in [0.717, 1.165) is 56.9 Å². The Morgan fingerprint density at radius 1 is 1.16 bits per heavy atom. The zero-order valence-electron chi connectivity index (χ0n) is 20.7. The number of aliphatic hydroxyl groups excluding tert-OH is 1. The van der Waals surface area contributed by atoms with E-state index in [1.165, 1.54) is 17.9 Å². The van der Waals surface area contributed by atoms with Crippen LogP contribution in [0.1, 0.15) is 73.2 Å². The van der Waals surface area contributed by atoms with Gasteiger partial charge in [0.25, 0.3) is 0 Å². The molecule has 0 saturated heterocycles. The van der Waals surface area contributed by atoms with Gasteiger partial charge in [-0.15, -0.1) is 0 Å². The SMILES string of the molecule is COC(=O)c1ccn(-c2cc(OCC3(CO)CC3)nc(-c3noc4c3CCC[C@@]43CCCCC3=O)n2)n1. The fourth-order valence-corrected chi connectivity index (χ4v) is 5.50. The average molecular weight is 508 g/mol. The van der Waals surface area contributed by atoms with Crippen molar-refractivity contribution in [3.05, 3.63) is 35.3 Å². The molecule has 1 spiro atoms. The standard InChI is InChI=1S/C26H29N5O6/c1-35-24(34)17-7-12-31(29-17)19-13-20(36-15-25(14-32)10-11-25)28-23(27-19)21-16-5-4-9-26(22(16)37-30-21)8-3-2-6-18(26)33/h7,12-13,32H,2-6,8-11,14-15H2,1H3/t26-/m1/s1. The molecular formula is C26H29N5O6. The predicted molar refractivity (Wildman–Crippen MR) is 128 cm³/mol. The lowest BCUT2D eigenvalue weighted by atomic mass is 9.64. The summed E-state index contributed by atoms with van der Waals surface area (Å²) in [6.07, 6.45) is 8.97. The number of hydrogen-bond acceptors (Lipinski definition) is 10. The number of ketones is 1. The van der Waals surface area contributed by atoms with E-state index in [9.17, 15) is 14.7 Å². The molecule has 0 aromatic carbocycles.